The fraction of sp³-hybridized carbons (Fsp3) is 0.250. The lowest BCUT2D eigenvalue weighted by atomic mass is 10.2. The van der Waals surface area contributed by atoms with E-state index in [0.29, 0.717) is 23.3 Å². The van der Waals surface area contributed by atoms with Gasteiger partial charge in [-0.15, -0.1) is 0 Å². The van der Waals surface area contributed by atoms with Gasteiger partial charge < -0.3 is 9.47 Å². The number of halogens is 2. The predicted molar refractivity (Wildman–Crippen MR) is 83.0 cm³/mol. The van der Waals surface area contributed by atoms with Crippen LogP contribution in [0.25, 0.3) is 0 Å². The first-order valence-corrected chi connectivity index (χ1v) is 7.25. The van der Waals surface area contributed by atoms with Crippen molar-refractivity contribution in [3.8, 4) is 11.5 Å². The standard InChI is InChI=1S/C16H16Cl2O2/c1-2-9-19-12-5-3-6-13(10-12)20-11-14-15(17)7-4-8-16(14)18/h3-8,10H,2,9,11H2,1H3. The third-order valence-corrected chi connectivity index (χ3v) is 3.43. The van der Waals surface area contributed by atoms with Crippen molar-refractivity contribution in [2.75, 3.05) is 6.61 Å². The molecule has 0 bridgehead atoms. The van der Waals surface area contributed by atoms with Crippen molar-refractivity contribution in [1.29, 1.82) is 0 Å². The third-order valence-electron chi connectivity index (χ3n) is 2.72. The molecule has 2 aromatic rings. The molecule has 0 radical (unpaired) electrons. The van der Waals surface area contributed by atoms with E-state index < -0.39 is 0 Å². The smallest absolute Gasteiger partial charge is 0.123 e. The van der Waals surface area contributed by atoms with Crippen LogP contribution in [0.15, 0.2) is 42.5 Å². The van der Waals surface area contributed by atoms with Crippen LogP contribution in [0.5, 0.6) is 11.5 Å². The Bertz CT molecular complexity index is 550. The van der Waals surface area contributed by atoms with E-state index in [9.17, 15) is 0 Å². The highest BCUT2D eigenvalue weighted by atomic mass is 35.5. The fourth-order valence-corrected chi connectivity index (χ4v) is 2.21. The number of ether oxygens (including phenoxy) is 2. The van der Waals surface area contributed by atoms with Crippen LogP contribution in [0.4, 0.5) is 0 Å². The summed E-state index contributed by atoms with van der Waals surface area (Å²) in [5, 5.41) is 1.21. The maximum absolute atomic E-state index is 6.11. The van der Waals surface area contributed by atoms with E-state index in [2.05, 4.69) is 6.92 Å². The van der Waals surface area contributed by atoms with Gasteiger partial charge in [0.25, 0.3) is 0 Å². The quantitative estimate of drug-likeness (QED) is 0.715. The van der Waals surface area contributed by atoms with Crippen LogP contribution in [-0.2, 0) is 6.61 Å². The second kappa shape index (κ2) is 7.41. The SMILES string of the molecule is CCCOc1cccc(OCc2c(Cl)cccc2Cl)c1. The lowest BCUT2D eigenvalue weighted by molar-refractivity contribution is 0.295. The molecule has 0 unspecified atom stereocenters. The molecule has 2 rings (SSSR count). The summed E-state index contributed by atoms with van der Waals surface area (Å²) < 4.78 is 11.3. The molecule has 0 amide bonds. The van der Waals surface area contributed by atoms with Gasteiger partial charge >= 0.3 is 0 Å². The Balaban J connectivity index is 2.03. The van der Waals surface area contributed by atoms with Crippen molar-refractivity contribution >= 4 is 23.2 Å². The number of benzene rings is 2. The summed E-state index contributed by atoms with van der Waals surface area (Å²) in [5.41, 5.74) is 0.788. The summed E-state index contributed by atoms with van der Waals surface area (Å²) >= 11 is 12.2. The van der Waals surface area contributed by atoms with Crippen molar-refractivity contribution < 1.29 is 9.47 Å². The first-order chi connectivity index (χ1) is 9.70. The Morgan fingerprint density at radius 2 is 1.50 bits per heavy atom. The van der Waals surface area contributed by atoms with Crippen LogP contribution < -0.4 is 9.47 Å². The Morgan fingerprint density at radius 3 is 2.15 bits per heavy atom. The van der Waals surface area contributed by atoms with Gasteiger partial charge in [0.2, 0.25) is 0 Å². The van der Waals surface area contributed by atoms with Crippen LogP contribution in [0, 0.1) is 0 Å². The Labute approximate surface area is 129 Å². The minimum absolute atomic E-state index is 0.329. The molecule has 0 aliphatic heterocycles. The first-order valence-electron chi connectivity index (χ1n) is 6.49. The normalized spacial score (nSPS) is 10.3. The van der Waals surface area contributed by atoms with E-state index in [4.69, 9.17) is 32.7 Å². The first kappa shape index (κ1) is 15.0. The average Bonchev–Trinajstić information content (AvgIpc) is 2.45. The monoisotopic (exact) mass is 310 g/mol. The second-order valence-corrected chi connectivity index (χ2v) is 5.13. The molecule has 0 heterocycles. The van der Waals surface area contributed by atoms with Crippen molar-refractivity contribution in [3.05, 3.63) is 58.1 Å². The number of hydrogen-bond donors (Lipinski definition) is 0. The Kier molecular flexibility index (Phi) is 5.57. The summed E-state index contributed by atoms with van der Waals surface area (Å²) in [7, 11) is 0. The molecule has 0 atom stereocenters. The van der Waals surface area contributed by atoms with Gasteiger partial charge in [0.1, 0.15) is 18.1 Å². The zero-order valence-electron chi connectivity index (χ0n) is 11.2. The summed E-state index contributed by atoms with van der Waals surface area (Å²) in [6, 6.07) is 13.0. The molecule has 0 aliphatic rings. The molecular weight excluding hydrogens is 295 g/mol. The molecule has 0 saturated heterocycles. The lowest BCUT2D eigenvalue weighted by Gasteiger charge is -2.11. The molecule has 0 aromatic heterocycles. The molecule has 0 N–H and O–H groups in total. The van der Waals surface area contributed by atoms with Crippen LogP contribution in [0.3, 0.4) is 0 Å². The molecule has 0 saturated carbocycles. The van der Waals surface area contributed by atoms with Gasteiger partial charge in [0.05, 0.1) is 6.61 Å². The largest absolute Gasteiger partial charge is 0.493 e. The summed E-state index contributed by atoms with van der Waals surface area (Å²) in [6.45, 7) is 3.09. The highest BCUT2D eigenvalue weighted by Crippen LogP contribution is 2.27. The zero-order valence-corrected chi connectivity index (χ0v) is 12.7. The zero-order chi connectivity index (χ0) is 14.4. The van der Waals surface area contributed by atoms with Gasteiger partial charge in [0.15, 0.2) is 0 Å². The van der Waals surface area contributed by atoms with Crippen LogP contribution in [0.2, 0.25) is 10.0 Å². The highest BCUT2D eigenvalue weighted by molar-refractivity contribution is 6.35. The van der Waals surface area contributed by atoms with Crippen LogP contribution in [0.1, 0.15) is 18.9 Å². The molecule has 20 heavy (non-hydrogen) atoms. The second-order valence-electron chi connectivity index (χ2n) is 4.31. The summed E-state index contributed by atoms with van der Waals surface area (Å²) in [5.74, 6) is 1.53. The Hall–Kier alpha value is -1.38. The van der Waals surface area contributed by atoms with Crippen molar-refractivity contribution in [2.45, 2.75) is 20.0 Å². The lowest BCUT2D eigenvalue weighted by Crippen LogP contribution is -1.99. The fourth-order valence-electron chi connectivity index (χ4n) is 1.70. The van der Waals surface area contributed by atoms with Gasteiger partial charge in [0, 0.05) is 21.7 Å². The van der Waals surface area contributed by atoms with E-state index in [0.717, 1.165) is 23.5 Å². The van der Waals surface area contributed by atoms with Crippen molar-refractivity contribution in [2.24, 2.45) is 0 Å². The molecule has 106 valence electrons. The topological polar surface area (TPSA) is 18.5 Å². The van der Waals surface area contributed by atoms with E-state index in [1.54, 1.807) is 12.1 Å². The predicted octanol–water partition coefficient (Wildman–Crippen LogP) is 5.36. The number of hydrogen-bond acceptors (Lipinski definition) is 2. The van der Waals surface area contributed by atoms with Crippen LogP contribution >= 0.6 is 23.2 Å². The molecule has 2 nitrogen and oxygen atoms in total. The minimum Gasteiger partial charge on any atom is -0.493 e. The highest BCUT2D eigenvalue weighted by Gasteiger charge is 2.06. The van der Waals surface area contributed by atoms with E-state index >= 15 is 0 Å². The van der Waals surface area contributed by atoms with E-state index in [1.807, 2.05) is 30.3 Å². The molecule has 2 aromatic carbocycles. The molecule has 0 fully saturated rings. The van der Waals surface area contributed by atoms with Crippen molar-refractivity contribution in [3.63, 3.8) is 0 Å². The van der Waals surface area contributed by atoms with Gasteiger partial charge in [-0.25, -0.2) is 0 Å². The van der Waals surface area contributed by atoms with Gasteiger partial charge in [-0.2, -0.15) is 0 Å². The molecule has 0 aliphatic carbocycles. The Morgan fingerprint density at radius 1 is 0.900 bits per heavy atom. The van der Waals surface area contributed by atoms with Gasteiger partial charge in [-0.3, -0.25) is 0 Å². The van der Waals surface area contributed by atoms with E-state index in [1.165, 1.54) is 0 Å². The summed E-state index contributed by atoms with van der Waals surface area (Å²) in [4.78, 5) is 0. The van der Waals surface area contributed by atoms with Gasteiger partial charge in [-0.1, -0.05) is 42.3 Å². The molecule has 4 heteroatoms. The van der Waals surface area contributed by atoms with E-state index in [-0.39, 0.29) is 0 Å². The molecular formula is C16H16Cl2O2. The molecule has 0 spiro atoms. The van der Waals surface area contributed by atoms with Crippen LogP contribution in [-0.4, -0.2) is 6.61 Å². The maximum atomic E-state index is 6.11. The third kappa shape index (κ3) is 4.06. The maximum Gasteiger partial charge on any atom is 0.123 e. The average molecular weight is 311 g/mol. The van der Waals surface area contributed by atoms with Gasteiger partial charge in [-0.05, 0) is 30.7 Å². The summed E-state index contributed by atoms with van der Waals surface area (Å²) in [6.07, 6.45) is 0.973. The van der Waals surface area contributed by atoms with Crippen molar-refractivity contribution in [1.82, 2.24) is 0 Å². The number of rotatable bonds is 6. The minimum atomic E-state index is 0.329.